The summed E-state index contributed by atoms with van der Waals surface area (Å²) in [4.78, 5) is 0. The first-order valence-electron chi connectivity index (χ1n) is 5.95. The van der Waals surface area contributed by atoms with Gasteiger partial charge in [0.1, 0.15) is 0 Å². The largest absolute Gasteiger partial charge is 0.0876 e. The monoisotopic (exact) mass is 250 g/mol. The van der Waals surface area contributed by atoms with Crippen molar-refractivity contribution < 1.29 is 0 Å². The molecule has 0 aliphatic carbocycles. The topological polar surface area (TPSA) is 0 Å². The fraction of sp³-hybridized carbons (Fsp3) is 0.571. The van der Waals surface area contributed by atoms with Crippen molar-refractivity contribution in [2.24, 2.45) is 0 Å². The highest BCUT2D eigenvalue weighted by molar-refractivity contribution is 7.56. The van der Waals surface area contributed by atoms with Crippen molar-refractivity contribution in [1.29, 1.82) is 0 Å². The lowest BCUT2D eigenvalue weighted by molar-refractivity contribution is 1.11. The minimum absolute atomic E-state index is 0.724. The molecule has 0 saturated heterocycles. The van der Waals surface area contributed by atoms with Gasteiger partial charge in [0, 0.05) is 21.9 Å². The van der Waals surface area contributed by atoms with Crippen molar-refractivity contribution in [3.63, 3.8) is 0 Å². The molecular formula is C14H20P2. The van der Waals surface area contributed by atoms with Crippen molar-refractivity contribution in [2.75, 3.05) is 0 Å². The molecule has 16 heavy (non-hydrogen) atoms. The minimum Gasteiger partial charge on any atom is -0.0876 e. The Morgan fingerprint density at radius 3 is 1.19 bits per heavy atom. The fourth-order valence-electron chi connectivity index (χ4n) is 2.25. The summed E-state index contributed by atoms with van der Waals surface area (Å²) in [7, 11) is 3.05. The summed E-state index contributed by atoms with van der Waals surface area (Å²) >= 11 is 0. The molecule has 0 fully saturated rings. The lowest BCUT2D eigenvalue weighted by atomic mass is 9.98. The van der Waals surface area contributed by atoms with Crippen LogP contribution in [-0.4, -0.2) is 21.9 Å². The van der Waals surface area contributed by atoms with Gasteiger partial charge in [-0.25, -0.2) is 0 Å². The van der Waals surface area contributed by atoms with E-state index in [1.807, 2.05) is 0 Å². The van der Waals surface area contributed by atoms with Crippen LogP contribution in [0.5, 0.6) is 0 Å². The highest BCUT2D eigenvalue weighted by atomic mass is 31.1. The van der Waals surface area contributed by atoms with E-state index in [9.17, 15) is 0 Å². The maximum Gasteiger partial charge on any atom is 0.0199 e. The Morgan fingerprint density at radius 2 is 1.00 bits per heavy atom. The third-order valence-electron chi connectivity index (χ3n) is 4.02. The Bertz CT molecular complexity index is 417. The fourth-order valence-corrected chi connectivity index (χ4v) is 5.47. The normalized spacial score (nSPS) is 32.1. The molecule has 0 spiro atoms. The molecule has 2 atom stereocenters. The van der Waals surface area contributed by atoms with Gasteiger partial charge in [-0.3, -0.25) is 0 Å². The molecule has 2 aliphatic heterocycles. The van der Waals surface area contributed by atoms with Crippen LogP contribution >= 0.6 is 16.4 Å². The predicted octanol–water partition coefficient (Wildman–Crippen LogP) is 4.70. The van der Waals surface area contributed by atoms with Crippen molar-refractivity contribution in [1.82, 2.24) is 0 Å². The van der Waals surface area contributed by atoms with Crippen LogP contribution < -0.4 is 0 Å². The molecule has 0 saturated carbocycles. The van der Waals surface area contributed by atoms with Crippen molar-refractivity contribution >= 4 is 27.0 Å². The SMILES string of the molecule is CC1=C(C)C(C)P=C1C1=PC(C)C(C)=C1C. The molecule has 0 amide bonds. The van der Waals surface area contributed by atoms with E-state index >= 15 is 0 Å². The molecule has 2 heteroatoms. The summed E-state index contributed by atoms with van der Waals surface area (Å²) in [5.41, 5.74) is 7.73. The third-order valence-corrected chi connectivity index (χ3v) is 7.38. The van der Waals surface area contributed by atoms with Gasteiger partial charge in [0.2, 0.25) is 0 Å². The van der Waals surface area contributed by atoms with Gasteiger partial charge in [0.05, 0.1) is 0 Å². The van der Waals surface area contributed by atoms with E-state index in [1.165, 1.54) is 16.4 Å². The highest BCUT2D eigenvalue weighted by Crippen LogP contribution is 2.39. The molecule has 2 heterocycles. The molecule has 0 N–H and O–H groups in total. The number of rotatable bonds is 1. The van der Waals surface area contributed by atoms with Gasteiger partial charge < -0.3 is 0 Å². The Labute approximate surface area is 102 Å². The maximum atomic E-state index is 2.34. The smallest absolute Gasteiger partial charge is 0.0199 e. The zero-order valence-corrected chi connectivity index (χ0v) is 12.8. The van der Waals surface area contributed by atoms with Crippen LogP contribution in [0.1, 0.15) is 41.5 Å². The van der Waals surface area contributed by atoms with E-state index < -0.39 is 0 Å². The lowest BCUT2D eigenvalue weighted by Crippen LogP contribution is -2.10. The Hall–Kier alpha value is -0.180. The van der Waals surface area contributed by atoms with Crippen molar-refractivity contribution in [3.8, 4) is 0 Å². The highest BCUT2D eigenvalue weighted by Gasteiger charge is 2.26. The second-order valence-corrected chi connectivity index (χ2v) is 7.88. The Kier molecular flexibility index (Phi) is 3.26. The summed E-state index contributed by atoms with van der Waals surface area (Å²) in [6.07, 6.45) is 0. The van der Waals surface area contributed by atoms with Gasteiger partial charge in [0.15, 0.2) is 0 Å². The molecule has 2 aliphatic rings. The average Bonchev–Trinajstić information content (AvgIpc) is 2.64. The van der Waals surface area contributed by atoms with Gasteiger partial charge >= 0.3 is 0 Å². The zero-order chi connectivity index (χ0) is 12.0. The summed E-state index contributed by atoms with van der Waals surface area (Å²) in [6.45, 7) is 13.9. The van der Waals surface area contributed by atoms with Crippen LogP contribution in [0.2, 0.25) is 0 Å². The third kappa shape index (κ3) is 1.77. The number of allylic oxidation sites excluding steroid dienone is 4. The number of hydrogen-bond acceptors (Lipinski definition) is 0. The molecule has 0 aromatic heterocycles. The van der Waals surface area contributed by atoms with Gasteiger partial charge in [-0.1, -0.05) is 41.4 Å². The molecule has 0 radical (unpaired) electrons. The first-order chi connectivity index (χ1) is 7.43. The molecule has 0 aromatic carbocycles. The predicted molar refractivity (Wildman–Crippen MR) is 79.5 cm³/mol. The molecule has 2 rings (SSSR count). The maximum absolute atomic E-state index is 2.34. The zero-order valence-electron chi connectivity index (χ0n) is 11.0. The standard InChI is InChI=1S/C14H20P2/c1-7-9(3)13(15-11(7)5)14-10(4)8(2)12(6)16-14/h11-12H,1-6H3. The van der Waals surface area contributed by atoms with Crippen LogP contribution in [0.4, 0.5) is 0 Å². The molecule has 0 nitrogen and oxygen atoms in total. The van der Waals surface area contributed by atoms with Crippen LogP contribution in [0.15, 0.2) is 22.3 Å². The second-order valence-electron chi connectivity index (χ2n) is 4.92. The second kappa shape index (κ2) is 4.25. The summed E-state index contributed by atoms with van der Waals surface area (Å²) in [5, 5.41) is 3.24. The van der Waals surface area contributed by atoms with Crippen molar-refractivity contribution in [2.45, 2.75) is 52.9 Å². The average molecular weight is 250 g/mol. The first kappa shape index (κ1) is 12.3. The van der Waals surface area contributed by atoms with Gasteiger partial charge in [0.25, 0.3) is 0 Å². The van der Waals surface area contributed by atoms with Crippen LogP contribution in [0, 0.1) is 0 Å². The Balaban J connectivity index is 2.45. The summed E-state index contributed by atoms with van der Waals surface area (Å²) in [5.74, 6) is 0. The summed E-state index contributed by atoms with van der Waals surface area (Å²) < 4.78 is 0. The summed E-state index contributed by atoms with van der Waals surface area (Å²) in [6, 6.07) is 0. The van der Waals surface area contributed by atoms with Crippen LogP contribution in [-0.2, 0) is 0 Å². The Morgan fingerprint density at radius 1 is 0.688 bits per heavy atom. The lowest BCUT2D eigenvalue weighted by Gasteiger charge is -2.07. The van der Waals surface area contributed by atoms with Crippen LogP contribution in [0.25, 0.3) is 0 Å². The van der Waals surface area contributed by atoms with Gasteiger partial charge in [-0.2, -0.15) is 0 Å². The quantitative estimate of drug-likeness (QED) is 0.592. The van der Waals surface area contributed by atoms with E-state index in [-0.39, 0.29) is 0 Å². The molecule has 0 bridgehead atoms. The molecule has 0 aromatic rings. The van der Waals surface area contributed by atoms with Gasteiger partial charge in [-0.15, -0.1) is 0 Å². The van der Waals surface area contributed by atoms with Crippen LogP contribution in [0.3, 0.4) is 0 Å². The van der Waals surface area contributed by atoms with E-state index in [4.69, 9.17) is 0 Å². The van der Waals surface area contributed by atoms with Crippen molar-refractivity contribution in [3.05, 3.63) is 22.3 Å². The van der Waals surface area contributed by atoms with E-state index in [0.29, 0.717) is 0 Å². The minimum atomic E-state index is 0.724. The van der Waals surface area contributed by atoms with E-state index in [1.54, 1.807) is 32.9 Å². The number of hydrogen-bond donors (Lipinski definition) is 0. The molecular weight excluding hydrogens is 230 g/mol. The van der Waals surface area contributed by atoms with Gasteiger partial charge in [-0.05, 0) is 38.8 Å². The first-order valence-corrected chi connectivity index (χ1v) is 7.87. The van der Waals surface area contributed by atoms with E-state index in [2.05, 4.69) is 41.5 Å². The molecule has 86 valence electrons. The van der Waals surface area contributed by atoms with E-state index in [0.717, 1.165) is 11.3 Å². The molecule has 2 unspecified atom stereocenters.